The Morgan fingerprint density at radius 3 is 2.34 bits per heavy atom. The average Bonchev–Trinajstić information content (AvgIpc) is 2.87. The van der Waals surface area contributed by atoms with Gasteiger partial charge in [0.2, 0.25) is 5.91 Å². The highest BCUT2D eigenvalue weighted by molar-refractivity contribution is 5.85. The Kier molecular flexibility index (Phi) is 9.95. The lowest BCUT2D eigenvalue weighted by Crippen LogP contribution is -2.47. The van der Waals surface area contributed by atoms with Crippen molar-refractivity contribution in [2.24, 2.45) is 5.73 Å². The molecule has 0 heterocycles. The van der Waals surface area contributed by atoms with Crippen LogP contribution in [0, 0.1) is 5.82 Å². The van der Waals surface area contributed by atoms with Gasteiger partial charge in [-0.1, -0.05) is 54.6 Å². The Bertz CT molecular complexity index is 1100. The number of rotatable bonds is 13. The molecule has 0 aliphatic carbocycles. The maximum atomic E-state index is 14.0. The van der Waals surface area contributed by atoms with Crippen molar-refractivity contribution in [2.75, 3.05) is 13.2 Å². The summed E-state index contributed by atoms with van der Waals surface area (Å²) < 4.78 is 19.5. The predicted octanol–water partition coefficient (Wildman–Crippen LogP) is 3.31. The monoisotopic (exact) mass is 477 g/mol. The topological polar surface area (TPSA) is 93.4 Å². The van der Waals surface area contributed by atoms with E-state index in [0.29, 0.717) is 24.2 Å². The molecule has 0 bridgehead atoms. The second-order valence-electron chi connectivity index (χ2n) is 8.26. The fourth-order valence-corrected chi connectivity index (χ4v) is 3.68. The zero-order chi connectivity index (χ0) is 25.0. The maximum Gasteiger partial charge on any atom is 0.237 e. The fraction of sp³-hybridized carbons (Fsp3) is 0.286. The summed E-state index contributed by atoms with van der Waals surface area (Å²) in [5, 5.41) is 5.96. The quantitative estimate of drug-likeness (QED) is 0.351. The molecule has 6 nitrogen and oxygen atoms in total. The number of hydrogen-bond acceptors (Lipinski definition) is 5. The third kappa shape index (κ3) is 8.31. The summed E-state index contributed by atoms with van der Waals surface area (Å²) in [7, 11) is 0. The van der Waals surface area contributed by atoms with Crippen LogP contribution in [-0.2, 0) is 35.5 Å². The van der Waals surface area contributed by atoms with Crippen LogP contribution in [0.1, 0.15) is 29.2 Å². The highest BCUT2D eigenvalue weighted by Gasteiger charge is 2.20. The first-order valence-corrected chi connectivity index (χ1v) is 11.7. The highest BCUT2D eigenvalue weighted by Crippen LogP contribution is 2.13. The molecule has 35 heavy (non-hydrogen) atoms. The smallest absolute Gasteiger partial charge is 0.237 e. The Labute approximate surface area is 205 Å². The number of ether oxygens (including phenoxy) is 1. The molecule has 0 saturated carbocycles. The van der Waals surface area contributed by atoms with Gasteiger partial charge < -0.3 is 15.8 Å². The van der Waals surface area contributed by atoms with Crippen molar-refractivity contribution in [1.82, 2.24) is 10.6 Å². The van der Waals surface area contributed by atoms with Crippen molar-refractivity contribution in [3.63, 3.8) is 0 Å². The van der Waals surface area contributed by atoms with Crippen LogP contribution in [-0.4, -0.2) is 30.9 Å². The summed E-state index contributed by atoms with van der Waals surface area (Å²) in [4.78, 5) is 25.6. The van der Waals surface area contributed by atoms with Crippen molar-refractivity contribution in [3.8, 4) is 5.75 Å². The molecule has 1 atom stereocenters. The molecular weight excluding hydrogens is 445 g/mol. The zero-order valence-corrected chi connectivity index (χ0v) is 19.9. The number of halogens is 1. The van der Waals surface area contributed by atoms with Gasteiger partial charge in [-0.2, -0.15) is 0 Å². The molecule has 0 saturated heterocycles. The van der Waals surface area contributed by atoms with E-state index in [1.807, 2.05) is 61.5 Å². The summed E-state index contributed by atoms with van der Waals surface area (Å²) in [6.45, 7) is 2.85. The Balaban J connectivity index is 1.59. The maximum absolute atomic E-state index is 14.0. The lowest BCUT2D eigenvalue weighted by atomic mass is 10.0. The van der Waals surface area contributed by atoms with Crippen LogP contribution in [0.15, 0.2) is 72.8 Å². The van der Waals surface area contributed by atoms with Crippen LogP contribution in [0.2, 0.25) is 0 Å². The van der Waals surface area contributed by atoms with Gasteiger partial charge in [-0.05, 0) is 48.2 Å². The second kappa shape index (κ2) is 13.4. The largest absolute Gasteiger partial charge is 0.494 e. The van der Waals surface area contributed by atoms with Crippen molar-refractivity contribution in [1.29, 1.82) is 0 Å². The van der Waals surface area contributed by atoms with Gasteiger partial charge in [-0.3, -0.25) is 14.9 Å². The lowest BCUT2D eigenvalue weighted by molar-refractivity contribution is -0.123. The van der Waals surface area contributed by atoms with Crippen LogP contribution in [0.3, 0.4) is 0 Å². The van der Waals surface area contributed by atoms with Crippen LogP contribution >= 0.6 is 0 Å². The second-order valence-corrected chi connectivity index (χ2v) is 8.26. The third-order valence-electron chi connectivity index (χ3n) is 5.58. The Hall–Kier alpha value is -3.55. The molecule has 3 rings (SSSR count). The highest BCUT2D eigenvalue weighted by atomic mass is 19.1. The molecule has 0 aromatic heterocycles. The van der Waals surface area contributed by atoms with Gasteiger partial charge in [0, 0.05) is 25.1 Å². The first-order valence-electron chi connectivity index (χ1n) is 11.7. The number of benzene rings is 3. The number of carbonyl (C=O) groups is 2. The number of Topliss-reactive ketones (excluding diaryl/α,β-unsaturated/α-hetero) is 1. The molecule has 1 amide bonds. The predicted molar refractivity (Wildman–Crippen MR) is 134 cm³/mol. The van der Waals surface area contributed by atoms with Gasteiger partial charge in [0.15, 0.2) is 5.78 Å². The average molecular weight is 478 g/mol. The van der Waals surface area contributed by atoms with Crippen LogP contribution < -0.4 is 21.1 Å². The molecule has 4 N–H and O–H groups in total. The summed E-state index contributed by atoms with van der Waals surface area (Å²) in [6.07, 6.45) is 0.676. The van der Waals surface area contributed by atoms with E-state index in [1.54, 1.807) is 12.1 Å². The fourth-order valence-electron chi connectivity index (χ4n) is 3.68. The van der Waals surface area contributed by atoms with Crippen LogP contribution in [0.25, 0.3) is 0 Å². The van der Waals surface area contributed by atoms with Crippen LogP contribution in [0.4, 0.5) is 4.39 Å². The standard InChI is InChI=1S/C28H32FN3O3/c1-2-35-25-12-9-21(10-13-25)14-24(33)19-31-27(16-20-6-4-3-5-7-20)28(34)32-18-22-8-11-23(17-30)26(29)15-22/h3-13,15,27,31H,2,14,16-19,30H2,1H3,(H,32,34)/t27-/m0/s1. The molecule has 0 fully saturated rings. The number of nitrogens with one attached hydrogen (secondary N) is 2. The van der Waals surface area contributed by atoms with Gasteiger partial charge in [-0.25, -0.2) is 4.39 Å². The van der Waals surface area contributed by atoms with E-state index in [2.05, 4.69) is 10.6 Å². The molecule has 0 aliphatic heterocycles. The minimum atomic E-state index is -0.616. The third-order valence-corrected chi connectivity index (χ3v) is 5.58. The molecule has 0 unspecified atom stereocenters. The molecule has 3 aromatic carbocycles. The molecule has 0 spiro atoms. The van der Waals surface area contributed by atoms with E-state index in [1.165, 1.54) is 6.07 Å². The van der Waals surface area contributed by atoms with Gasteiger partial charge >= 0.3 is 0 Å². The molecular formula is C28H32FN3O3. The molecule has 3 aromatic rings. The number of nitrogens with two attached hydrogens (primary N) is 1. The minimum absolute atomic E-state index is 0.0283. The zero-order valence-electron chi connectivity index (χ0n) is 19.9. The number of ketones is 1. The summed E-state index contributed by atoms with van der Waals surface area (Å²) >= 11 is 0. The minimum Gasteiger partial charge on any atom is -0.494 e. The SMILES string of the molecule is CCOc1ccc(CC(=O)CN[C@@H](Cc2ccccc2)C(=O)NCc2ccc(CN)c(F)c2)cc1. The van der Waals surface area contributed by atoms with E-state index in [4.69, 9.17) is 10.5 Å². The first kappa shape index (κ1) is 26.1. The molecule has 7 heteroatoms. The van der Waals surface area contributed by atoms with Gasteiger partial charge in [0.05, 0.1) is 19.2 Å². The summed E-state index contributed by atoms with van der Waals surface area (Å²) in [5.41, 5.74) is 8.42. The number of hydrogen-bond donors (Lipinski definition) is 3. The molecule has 0 radical (unpaired) electrons. The number of carbonyl (C=O) groups excluding carboxylic acids is 2. The van der Waals surface area contributed by atoms with E-state index in [0.717, 1.165) is 16.9 Å². The lowest BCUT2D eigenvalue weighted by Gasteiger charge is -2.19. The van der Waals surface area contributed by atoms with Crippen molar-refractivity contribution < 1.29 is 18.7 Å². The van der Waals surface area contributed by atoms with E-state index < -0.39 is 11.9 Å². The van der Waals surface area contributed by atoms with E-state index in [-0.39, 0.29) is 37.7 Å². The van der Waals surface area contributed by atoms with Crippen molar-refractivity contribution >= 4 is 11.7 Å². The van der Waals surface area contributed by atoms with Crippen LogP contribution in [0.5, 0.6) is 5.75 Å². The normalized spacial score (nSPS) is 11.6. The van der Waals surface area contributed by atoms with Gasteiger partial charge in [0.1, 0.15) is 11.6 Å². The Morgan fingerprint density at radius 2 is 1.69 bits per heavy atom. The van der Waals surface area contributed by atoms with Crippen molar-refractivity contribution in [2.45, 2.75) is 38.9 Å². The first-order chi connectivity index (χ1) is 17.0. The Morgan fingerprint density at radius 1 is 0.971 bits per heavy atom. The molecule has 0 aliphatic rings. The molecule has 184 valence electrons. The van der Waals surface area contributed by atoms with E-state index in [9.17, 15) is 14.0 Å². The van der Waals surface area contributed by atoms with Gasteiger partial charge in [-0.15, -0.1) is 0 Å². The van der Waals surface area contributed by atoms with Gasteiger partial charge in [0.25, 0.3) is 0 Å². The summed E-state index contributed by atoms with van der Waals surface area (Å²) in [6, 6.07) is 21.1. The number of amides is 1. The van der Waals surface area contributed by atoms with E-state index >= 15 is 0 Å². The summed E-state index contributed by atoms with van der Waals surface area (Å²) in [5.74, 6) is 0.0857. The van der Waals surface area contributed by atoms with Crippen molar-refractivity contribution in [3.05, 3.63) is 101 Å².